The summed E-state index contributed by atoms with van der Waals surface area (Å²) in [4.78, 5) is 10.6. The van der Waals surface area contributed by atoms with Gasteiger partial charge in [-0.3, -0.25) is 4.98 Å². The SMILES string of the molecule is c1cc(N2CCC(NCCCn3ccnc3)CC2)ccn1. The van der Waals surface area contributed by atoms with Gasteiger partial charge in [-0.15, -0.1) is 0 Å². The van der Waals surface area contributed by atoms with Gasteiger partial charge in [-0.25, -0.2) is 4.98 Å². The molecule has 0 saturated carbocycles. The van der Waals surface area contributed by atoms with Gasteiger partial charge in [-0.2, -0.15) is 0 Å². The standard InChI is InChI=1S/C16H23N5/c1(10-20-13-9-18-14-20)6-19-15-4-11-21(12-5-15)16-2-7-17-8-3-16/h2-3,7-9,13-15,19H,1,4-6,10-12H2. The first-order valence-corrected chi connectivity index (χ1v) is 7.76. The molecule has 0 aliphatic carbocycles. The third kappa shape index (κ3) is 4.04. The van der Waals surface area contributed by atoms with Gasteiger partial charge in [0.25, 0.3) is 0 Å². The van der Waals surface area contributed by atoms with Crippen LogP contribution < -0.4 is 10.2 Å². The summed E-state index contributed by atoms with van der Waals surface area (Å²) >= 11 is 0. The first-order valence-electron chi connectivity index (χ1n) is 7.76. The highest BCUT2D eigenvalue weighted by Crippen LogP contribution is 2.18. The summed E-state index contributed by atoms with van der Waals surface area (Å²) in [7, 11) is 0. The van der Waals surface area contributed by atoms with Crippen molar-refractivity contribution < 1.29 is 0 Å². The first kappa shape index (κ1) is 14.1. The Labute approximate surface area is 126 Å². The molecule has 112 valence electrons. The summed E-state index contributed by atoms with van der Waals surface area (Å²) in [6.07, 6.45) is 13.1. The average Bonchev–Trinajstić information content (AvgIpc) is 3.06. The third-order valence-corrected chi connectivity index (χ3v) is 4.11. The lowest BCUT2D eigenvalue weighted by Crippen LogP contribution is -2.42. The van der Waals surface area contributed by atoms with E-state index in [1.54, 1.807) is 0 Å². The summed E-state index contributed by atoms with van der Waals surface area (Å²) in [5, 5.41) is 3.68. The van der Waals surface area contributed by atoms with Gasteiger partial charge >= 0.3 is 0 Å². The number of pyridine rings is 1. The Balaban J connectivity index is 1.34. The second-order valence-electron chi connectivity index (χ2n) is 5.57. The van der Waals surface area contributed by atoms with E-state index in [1.807, 2.05) is 31.1 Å². The van der Waals surface area contributed by atoms with Crippen molar-refractivity contribution in [1.29, 1.82) is 0 Å². The molecule has 21 heavy (non-hydrogen) atoms. The van der Waals surface area contributed by atoms with Gasteiger partial charge in [0.2, 0.25) is 0 Å². The van der Waals surface area contributed by atoms with E-state index in [4.69, 9.17) is 0 Å². The quantitative estimate of drug-likeness (QED) is 0.824. The third-order valence-electron chi connectivity index (χ3n) is 4.11. The molecule has 0 atom stereocenters. The minimum absolute atomic E-state index is 0.658. The van der Waals surface area contributed by atoms with E-state index >= 15 is 0 Å². The Morgan fingerprint density at radius 1 is 1.10 bits per heavy atom. The van der Waals surface area contributed by atoms with Crippen molar-refractivity contribution in [3.63, 3.8) is 0 Å². The fourth-order valence-corrected chi connectivity index (χ4v) is 2.88. The highest BCUT2D eigenvalue weighted by Gasteiger charge is 2.18. The number of imidazole rings is 1. The fraction of sp³-hybridized carbons (Fsp3) is 0.500. The molecule has 0 unspecified atom stereocenters. The number of aromatic nitrogens is 3. The van der Waals surface area contributed by atoms with Crippen LogP contribution in [0.2, 0.25) is 0 Å². The zero-order valence-corrected chi connectivity index (χ0v) is 12.4. The maximum absolute atomic E-state index is 4.08. The zero-order chi connectivity index (χ0) is 14.3. The van der Waals surface area contributed by atoms with Gasteiger partial charge in [-0.1, -0.05) is 0 Å². The Morgan fingerprint density at radius 3 is 2.62 bits per heavy atom. The van der Waals surface area contributed by atoms with Crippen molar-refractivity contribution >= 4 is 5.69 Å². The van der Waals surface area contributed by atoms with Crippen molar-refractivity contribution in [2.75, 3.05) is 24.5 Å². The number of nitrogens with zero attached hydrogens (tertiary/aromatic N) is 4. The van der Waals surface area contributed by atoms with E-state index in [1.165, 1.54) is 18.5 Å². The molecule has 5 heteroatoms. The molecule has 5 nitrogen and oxygen atoms in total. The molecule has 1 saturated heterocycles. The number of piperidine rings is 1. The van der Waals surface area contributed by atoms with Crippen molar-refractivity contribution in [3.8, 4) is 0 Å². The lowest BCUT2D eigenvalue weighted by Gasteiger charge is -2.34. The predicted molar refractivity (Wildman–Crippen MR) is 84.3 cm³/mol. The van der Waals surface area contributed by atoms with Crippen LogP contribution in [0.1, 0.15) is 19.3 Å². The summed E-state index contributed by atoms with van der Waals surface area (Å²) < 4.78 is 2.13. The summed E-state index contributed by atoms with van der Waals surface area (Å²) in [5.41, 5.74) is 1.29. The van der Waals surface area contributed by atoms with Gasteiger partial charge < -0.3 is 14.8 Å². The lowest BCUT2D eigenvalue weighted by molar-refractivity contribution is 0.407. The normalized spacial score (nSPS) is 16.3. The second kappa shape index (κ2) is 7.22. The van der Waals surface area contributed by atoms with Gasteiger partial charge in [0.05, 0.1) is 6.33 Å². The molecule has 0 spiro atoms. The molecule has 2 aromatic rings. The van der Waals surface area contributed by atoms with Gasteiger partial charge in [0.15, 0.2) is 0 Å². The Bertz CT molecular complexity index is 503. The molecule has 0 radical (unpaired) electrons. The molecule has 1 aliphatic rings. The number of nitrogens with one attached hydrogen (secondary N) is 1. The largest absolute Gasteiger partial charge is 0.371 e. The molecular formula is C16H23N5. The fourth-order valence-electron chi connectivity index (χ4n) is 2.88. The van der Waals surface area contributed by atoms with Crippen LogP contribution in [0.3, 0.4) is 0 Å². The number of rotatable bonds is 6. The molecule has 3 rings (SSSR count). The Kier molecular flexibility index (Phi) is 4.84. The lowest BCUT2D eigenvalue weighted by atomic mass is 10.0. The monoisotopic (exact) mass is 285 g/mol. The number of hydrogen-bond acceptors (Lipinski definition) is 4. The van der Waals surface area contributed by atoms with Crippen LogP contribution in [-0.2, 0) is 6.54 Å². The van der Waals surface area contributed by atoms with E-state index in [2.05, 4.69) is 36.9 Å². The van der Waals surface area contributed by atoms with Crippen LogP contribution in [0.15, 0.2) is 43.2 Å². The van der Waals surface area contributed by atoms with Crippen molar-refractivity contribution in [2.24, 2.45) is 0 Å². The molecule has 0 amide bonds. The second-order valence-corrected chi connectivity index (χ2v) is 5.57. The molecule has 3 heterocycles. The van der Waals surface area contributed by atoms with Crippen LogP contribution >= 0.6 is 0 Å². The van der Waals surface area contributed by atoms with Crippen molar-refractivity contribution in [3.05, 3.63) is 43.2 Å². The van der Waals surface area contributed by atoms with Crippen molar-refractivity contribution in [2.45, 2.75) is 31.8 Å². The minimum atomic E-state index is 0.658. The molecule has 1 N–H and O–H groups in total. The van der Waals surface area contributed by atoms with E-state index in [9.17, 15) is 0 Å². The van der Waals surface area contributed by atoms with Crippen LogP contribution in [-0.4, -0.2) is 40.2 Å². The number of aryl methyl sites for hydroxylation is 1. The molecule has 2 aromatic heterocycles. The zero-order valence-electron chi connectivity index (χ0n) is 12.4. The minimum Gasteiger partial charge on any atom is -0.371 e. The van der Waals surface area contributed by atoms with E-state index in [0.29, 0.717) is 6.04 Å². The molecular weight excluding hydrogens is 262 g/mol. The predicted octanol–water partition coefficient (Wildman–Crippen LogP) is 1.93. The van der Waals surface area contributed by atoms with Gasteiger partial charge in [0.1, 0.15) is 0 Å². The van der Waals surface area contributed by atoms with Crippen molar-refractivity contribution in [1.82, 2.24) is 19.9 Å². The highest BCUT2D eigenvalue weighted by atomic mass is 15.1. The topological polar surface area (TPSA) is 46.0 Å². The molecule has 1 fully saturated rings. The maximum Gasteiger partial charge on any atom is 0.0945 e. The number of anilines is 1. The Morgan fingerprint density at radius 2 is 1.90 bits per heavy atom. The smallest absolute Gasteiger partial charge is 0.0945 e. The number of hydrogen-bond donors (Lipinski definition) is 1. The molecule has 0 aromatic carbocycles. The van der Waals surface area contributed by atoms with E-state index in [0.717, 1.165) is 32.6 Å². The van der Waals surface area contributed by atoms with E-state index < -0.39 is 0 Å². The van der Waals surface area contributed by atoms with Crippen LogP contribution in [0.5, 0.6) is 0 Å². The molecule has 1 aliphatic heterocycles. The molecule has 0 bridgehead atoms. The van der Waals surface area contributed by atoms with Crippen LogP contribution in [0.4, 0.5) is 5.69 Å². The van der Waals surface area contributed by atoms with Gasteiger partial charge in [-0.05, 0) is 37.9 Å². The summed E-state index contributed by atoms with van der Waals surface area (Å²) in [6.45, 7) is 4.38. The summed E-state index contributed by atoms with van der Waals surface area (Å²) in [5.74, 6) is 0. The van der Waals surface area contributed by atoms with Crippen LogP contribution in [0.25, 0.3) is 0 Å². The van der Waals surface area contributed by atoms with E-state index in [-0.39, 0.29) is 0 Å². The Hall–Kier alpha value is -1.88. The maximum atomic E-state index is 4.08. The van der Waals surface area contributed by atoms with Crippen LogP contribution in [0, 0.1) is 0 Å². The first-order chi connectivity index (χ1) is 10.4. The average molecular weight is 285 g/mol. The van der Waals surface area contributed by atoms with Gasteiger partial charge in [0, 0.05) is 56.2 Å². The highest BCUT2D eigenvalue weighted by molar-refractivity contribution is 5.44. The summed E-state index contributed by atoms with van der Waals surface area (Å²) in [6, 6.07) is 4.85.